The van der Waals surface area contributed by atoms with E-state index in [1.807, 2.05) is 0 Å². The molecule has 0 aromatic heterocycles. The molecule has 0 amide bonds. The molecule has 0 heterocycles. The molecule has 0 unspecified atom stereocenters. The van der Waals surface area contributed by atoms with E-state index < -0.39 is 0 Å². The van der Waals surface area contributed by atoms with Gasteiger partial charge in [0.1, 0.15) is 0 Å². The van der Waals surface area contributed by atoms with Crippen molar-refractivity contribution in [2.45, 2.75) is 118 Å². The number of hydrogen-bond acceptors (Lipinski definition) is 1. The molecule has 10 atom stereocenters. The van der Waals surface area contributed by atoms with Crippen molar-refractivity contribution in [2.24, 2.45) is 57.7 Å². The fourth-order valence-corrected chi connectivity index (χ4v) is 11.5. The Morgan fingerprint density at radius 1 is 0.914 bits per heavy atom. The van der Waals surface area contributed by atoms with E-state index in [1.54, 1.807) is 0 Å². The molecule has 35 heavy (non-hydrogen) atoms. The maximum Gasteiger partial charge on any atom is 0.0208 e. The molecule has 0 aliphatic heterocycles. The van der Waals surface area contributed by atoms with Gasteiger partial charge in [-0.15, -0.1) is 0 Å². The minimum Gasteiger partial charge on any atom is -0.309 e. The molecule has 1 aromatic carbocycles. The van der Waals surface area contributed by atoms with E-state index in [1.165, 1.54) is 76.2 Å². The van der Waals surface area contributed by atoms with Crippen LogP contribution in [0.5, 0.6) is 0 Å². The second-order valence-corrected chi connectivity index (χ2v) is 15.0. The number of hydrogen-bond donors (Lipinski definition) is 1. The summed E-state index contributed by atoms with van der Waals surface area (Å²) < 4.78 is 0. The van der Waals surface area contributed by atoms with Crippen molar-refractivity contribution >= 4 is 0 Å². The van der Waals surface area contributed by atoms with Crippen LogP contribution in [-0.4, -0.2) is 6.04 Å². The van der Waals surface area contributed by atoms with Crippen LogP contribution in [0.3, 0.4) is 0 Å². The first-order chi connectivity index (χ1) is 16.8. The van der Waals surface area contributed by atoms with Crippen LogP contribution in [0.2, 0.25) is 0 Å². The summed E-state index contributed by atoms with van der Waals surface area (Å²) >= 11 is 0. The standard InChI is InChI=1S/C34H53N/c1-23(2)10-9-11-24(3)28-14-15-29-27-20-31(35-22-25-12-7-6-8-13-25)34-21-26(34)16-19-33(34,5)30(27)17-18-32(28,29)4/h6-8,12-13,23-24,26-31,35H,9-11,14-22H2,1-5H3/t24-,26+,27-,28+,29-,30-,31-,32+,33+,34-/m0/s1. The van der Waals surface area contributed by atoms with E-state index >= 15 is 0 Å². The first-order valence-electron chi connectivity index (χ1n) is 15.6. The van der Waals surface area contributed by atoms with Crippen LogP contribution < -0.4 is 5.32 Å². The molecule has 1 aromatic rings. The zero-order valence-electron chi connectivity index (χ0n) is 23.5. The molecule has 1 heteroatoms. The lowest BCUT2D eigenvalue weighted by atomic mass is 9.44. The Hall–Kier alpha value is -0.820. The molecule has 6 rings (SSSR count). The van der Waals surface area contributed by atoms with Crippen LogP contribution >= 0.6 is 0 Å². The van der Waals surface area contributed by atoms with Crippen molar-refractivity contribution < 1.29 is 0 Å². The Morgan fingerprint density at radius 3 is 2.46 bits per heavy atom. The lowest BCUT2D eigenvalue weighted by Gasteiger charge is -2.61. The molecule has 1 spiro atoms. The van der Waals surface area contributed by atoms with Gasteiger partial charge in [-0.05, 0) is 115 Å². The summed E-state index contributed by atoms with van der Waals surface area (Å²) in [4.78, 5) is 0. The molecule has 5 saturated carbocycles. The molecule has 194 valence electrons. The topological polar surface area (TPSA) is 12.0 Å². The third-order valence-corrected chi connectivity index (χ3v) is 13.2. The molecule has 0 bridgehead atoms. The molecule has 1 N–H and O–H groups in total. The number of fused-ring (bicyclic) bond motifs is 4. The van der Waals surface area contributed by atoms with Gasteiger partial charge < -0.3 is 5.32 Å². The highest BCUT2D eigenvalue weighted by Crippen LogP contribution is 2.81. The first kappa shape index (κ1) is 24.5. The Kier molecular flexibility index (Phi) is 6.22. The summed E-state index contributed by atoms with van der Waals surface area (Å²) in [5.41, 5.74) is 3.29. The average molecular weight is 476 g/mol. The van der Waals surface area contributed by atoms with Gasteiger partial charge in [-0.3, -0.25) is 0 Å². The smallest absolute Gasteiger partial charge is 0.0208 e. The largest absolute Gasteiger partial charge is 0.309 e. The molecular weight excluding hydrogens is 422 g/mol. The fourth-order valence-electron chi connectivity index (χ4n) is 11.5. The van der Waals surface area contributed by atoms with Crippen molar-refractivity contribution in [2.75, 3.05) is 0 Å². The molecule has 5 aliphatic rings. The van der Waals surface area contributed by atoms with Gasteiger partial charge in [-0.25, -0.2) is 0 Å². The minimum absolute atomic E-state index is 0.594. The lowest BCUT2D eigenvalue weighted by Crippen LogP contribution is -2.59. The van der Waals surface area contributed by atoms with E-state index in [0.717, 1.165) is 54.0 Å². The zero-order valence-corrected chi connectivity index (χ0v) is 23.5. The lowest BCUT2D eigenvalue weighted by molar-refractivity contribution is -0.117. The van der Waals surface area contributed by atoms with Crippen LogP contribution in [0.15, 0.2) is 30.3 Å². The van der Waals surface area contributed by atoms with E-state index in [0.29, 0.717) is 16.2 Å². The van der Waals surface area contributed by atoms with Crippen molar-refractivity contribution in [3.8, 4) is 0 Å². The maximum atomic E-state index is 4.21. The van der Waals surface area contributed by atoms with Gasteiger partial charge in [-0.1, -0.05) is 84.2 Å². The van der Waals surface area contributed by atoms with Gasteiger partial charge in [0.25, 0.3) is 0 Å². The Morgan fingerprint density at radius 2 is 1.71 bits per heavy atom. The average Bonchev–Trinajstić information content (AvgIpc) is 3.34. The highest BCUT2D eigenvalue weighted by atomic mass is 15.0. The second kappa shape index (κ2) is 8.89. The van der Waals surface area contributed by atoms with Crippen LogP contribution in [0.1, 0.15) is 111 Å². The summed E-state index contributed by atoms with van der Waals surface area (Å²) in [7, 11) is 0. The van der Waals surface area contributed by atoms with Crippen molar-refractivity contribution in [3.63, 3.8) is 0 Å². The summed E-state index contributed by atoms with van der Waals surface area (Å²) in [5, 5.41) is 4.21. The third-order valence-electron chi connectivity index (χ3n) is 13.2. The molecule has 1 nitrogen and oxygen atoms in total. The summed E-state index contributed by atoms with van der Waals surface area (Å²) in [6, 6.07) is 11.9. The maximum absolute atomic E-state index is 4.21. The quantitative estimate of drug-likeness (QED) is 0.396. The van der Waals surface area contributed by atoms with Crippen molar-refractivity contribution in [1.82, 2.24) is 5.32 Å². The van der Waals surface area contributed by atoms with Gasteiger partial charge in [0.05, 0.1) is 0 Å². The second-order valence-electron chi connectivity index (χ2n) is 15.0. The third kappa shape index (κ3) is 3.72. The van der Waals surface area contributed by atoms with E-state index in [-0.39, 0.29) is 0 Å². The molecule has 0 radical (unpaired) electrons. The van der Waals surface area contributed by atoms with Gasteiger partial charge in [-0.2, -0.15) is 0 Å². The van der Waals surface area contributed by atoms with Crippen LogP contribution in [0.25, 0.3) is 0 Å². The highest BCUT2D eigenvalue weighted by molar-refractivity contribution is 5.27. The SMILES string of the molecule is CC(C)CCC[C@H](C)[C@H]1CC[C@H]2[C@@H]3C[C@H](NCc4ccccc4)[C@]45C[C@H]4CC[C@]5(C)[C@H]3CC[C@]12C. The number of benzene rings is 1. The normalized spacial score (nSPS) is 46.6. The van der Waals surface area contributed by atoms with Crippen LogP contribution in [-0.2, 0) is 6.54 Å². The van der Waals surface area contributed by atoms with Gasteiger partial charge in [0.2, 0.25) is 0 Å². The van der Waals surface area contributed by atoms with E-state index in [4.69, 9.17) is 0 Å². The molecule has 0 saturated heterocycles. The van der Waals surface area contributed by atoms with Crippen molar-refractivity contribution in [3.05, 3.63) is 35.9 Å². The first-order valence-corrected chi connectivity index (χ1v) is 15.6. The number of rotatable bonds is 8. The van der Waals surface area contributed by atoms with Gasteiger partial charge in [0.15, 0.2) is 0 Å². The minimum atomic E-state index is 0.594. The van der Waals surface area contributed by atoms with Crippen LogP contribution in [0.4, 0.5) is 0 Å². The monoisotopic (exact) mass is 475 g/mol. The Balaban J connectivity index is 1.22. The molecule has 5 aliphatic carbocycles. The van der Waals surface area contributed by atoms with Crippen molar-refractivity contribution in [1.29, 1.82) is 0 Å². The molecule has 5 fully saturated rings. The summed E-state index contributed by atoms with van der Waals surface area (Å²) in [5.74, 6) is 6.70. The van der Waals surface area contributed by atoms with E-state index in [2.05, 4.69) is 70.3 Å². The van der Waals surface area contributed by atoms with Gasteiger partial charge >= 0.3 is 0 Å². The highest BCUT2D eigenvalue weighted by Gasteiger charge is 2.77. The predicted molar refractivity (Wildman–Crippen MR) is 148 cm³/mol. The summed E-state index contributed by atoms with van der Waals surface area (Å²) in [6.07, 6.45) is 16.4. The summed E-state index contributed by atoms with van der Waals surface area (Å²) in [6.45, 7) is 14.0. The zero-order chi connectivity index (χ0) is 24.4. The molecular formula is C34H53N. The number of nitrogens with one attached hydrogen (secondary N) is 1. The predicted octanol–water partition coefficient (Wildman–Crippen LogP) is 8.88. The Bertz CT molecular complexity index is 891. The van der Waals surface area contributed by atoms with Gasteiger partial charge in [0, 0.05) is 12.6 Å². The Labute approximate surface area is 216 Å². The van der Waals surface area contributed by atoms with Crippen LogP contribution in [0, 0.1) is 57.7 Å². The fraction of sp³-hybridized carbons (Fsp3) is 0.824. The van der Waals surface area contributed by atoms with E-state index in [9.17, 15) is 0 Å².